The third-order valence-corrected chi connectivity index (χ3v) is 3.21. The number of nitrogens with zero attached hydrogens (tertiary/aromatic N) is 2. The predicted octanol–water partition coefficient (Wildman–Crippen LogP) is 2.08. The van der Waals surface area contributed by atoms with Gasteiger partial charge in [-0.25, -0.2) is 13.8 Å². The van der Waals surface area contributed by atoms with Crippen molar-refractivity contribution in [3.05, 3.63) is 62.7 Å². The van der Waals surface area contributed by atoms with E-state index in [1.807, 2.05) is 0 Å². The average Bonchev–Trinajstić information content (AvgIpc) is 2.43. The Labute approximate surface area is 120 Å². The van der Waals surface area contributed by atoms with Crippen LogP contribution in [0.3, 0.4) is 0 Å². The van der Waals surface area contributed by atoms with Gasteiger partial charge in [-0.15, -0.1) is 11.6 Å². The topological polar surface area (TPSA) is 44.0 Å². The molecule has 0 radical (unpaired) electrons. The Morgan fingerprint density at radius 3 is 2.45 bits per heavy atom. The van der Waals surface area contributed by atoms with E-state index >= 15 is 0 Å². The van der Waals surface area contributed by atoms with E-state index in [0.29, 0.717) is 30.1 Å². The SMILES string of the molecule is Cc1cn(CCCCl)c(=O)n(-c2ccc(F)cc2)c1=O. The Morgan fingerprint density at radius 2 is 1.85 bits per heavy atom. The van der Waals surface area contributed by atoms with Crippen molar-refractivity contribution in [1.82, 2.24) is 9.13 Å². The molecule has 6 heteroatoms. The van der Waals surface area contributed by atoms with Gasteiger partial charge in [0.15, 0.2) is 0 Å². The molecule has 0 aliphatic rings. The van der Waals surface area contributed by atoms with Crippen LogP contribution in [0.2, 0.25) is 0 Å². The monoisotopic (exact) mass is 296 g/mol. The van der Waals surface area contributed by atoms with Gasteiger partial charge < -0.3 is 0 Å². The van der Waals surface area contributed by atoms with E-state index in [4.69, 9.17) is 11.6 Å². The van der Waals surface area contributed by atoms with Crippen LogP contribution in [0.25, 0.3) is 5.69 Å². The fourth-order valence-electron chi connectivity index (χ4n) is 1.94. The molecular weight excluding hydrogens is 283 g/mol. The maximum atomic E-state index is 12.9. The lowest BCUT2D eigenvalue weighted by Gasteiger charge is -2.11. The van der Waals surface area contributed by atoms with Gasteiger partial charge >= 0.3 is 5.69 Å². The first kappa shape index (κ1) is 14.5. The molecule has 2 rings (SSSR count). The van der Waals surface area contributed by atoms with Crippen LogP contribution >= 0.6 is 11.6 Å². The summed E-state index contributed by atoms with van der Waals surface area (Å²) in [5.41, 5.74) is -0.0470. The van der Waals surface area contributed by atoms with Gasteiger partial charge in [0.25, 0.3) is 5.56 Å². The molecule has 1 heterocycles. The molecule has 20 heavy (non-hydrogen) atoms. The van der Waals surface area contributed by atoms with Crippen molar-refractivity contribution in [2.45, 2.75) is 19.9 Å². The zero-order chi connectivity index (χ0) is 14.7. The second-order valence-corrected chi connectivity index (χ2v) is 4.83. The molecule has 0 N–H and O–H groups in total. The van der Waals surface area contributed by atoms with Crippen LogP contribution in [0.15, 0.2) is 40.1 Å². The summed E-state index contributed by atoms with van der Waals surface area (Å²) in [5, 5.41) is 0. The Kier molecular flexibility index (Phi) is 4.39. The summed E-state index contributed by atoms with van der Waals surface area (Å²) in [7, 11) is 0. The van der Waals surface area contributed by atoms with Crippen molar-refractivity contribution in [3.63, 3.8) is 0 Å². The van der Waals surface area contributed by atoms with E-state index in [1.54, 1.807) is 6.92 Å². The van der Waals surface area contributed by atoms with E-state index < -0.39 is 17.1 Å². The first-order valence-corrected chi connectivity index (χ1v) is 6.73. The number of aryl methyl sites for hydroxylation is 2. The van der Waals surface area contributed by atoms with E-state index in [2.05, 4.69) is 0 Å². The van der Waals surface area contributed by atoms with Crippen LogP contribution in [-0.2, 0) is 6.54 Å². The van der Waals surface area contributed by atoms with Crippen LogP contribution in [0.5, 0.6) is 0 Å². The molecule has 0 bridgehead atoms. The standard InChI is InChI=1S/C14H14ClFN2O2/c1-10-9-17(8-2-7-15)14(20)18(13(10)19)12-5-3-11(16)4-6-12/h3-6,9H,2,7-8H2,1H3. The highest BCUT2D eigenvalue weighted by molar-refractivity contribution is 6.17. The normalized spacial score (nSPS) is 10.8. The first-order chi connectivity index (χ1) is 9.54. The smallest absolute Gasteiger partial charge is 0.300 e. The zero-order valence-electron chi connectivity index (χ0n) is 11.0. The van der Waals surface area contributed by atoms with Gasteiger partial charge in [-0.3, -0.25) is 9.36 Å². The molecule has 0 aliphatic heterocycles. The number of rotatable bonds is 4. The second-order valence-electron chi connectivity index (χ2n) is 4.45. The van der Waals surface area contributed by atoms with Gasteiger partial charge in [0.2, 0.25) is 0 Å². The number of aromatic nitrogens is 2. The molecule has 1 aromatic heterocycles. The Hall–Kier alpha value is -1.88. The van der Waals surface area contributed by atoms with Crippen molar-refractivity contribution in [2.75, 3.05) is 5.88 Å². The lowest BCUT2D eigenvalue weighted by Crippen LogP contribution is -2.39. The zero-order valence-corrected chi connectivity index (χ0v) is 11.7. The maximum Gasteiger partial charge on any atom is 0.335 e. The molecule has 0 amide bonds. The highest BCUT2D eigenvalue weighted by atomic mass is 35.5. The molecule has 0 aliphatic carbocycles. The highest BCUT2D eigenvalue weighted by Gasteiger charge is 2.10. The van der Waals surface area contributed by atoms with Crippen LogP contribution in [-0.4, -0.2) is 15.0 Å². The summed E-state index contributed by atoms with van der Waals surface area (Å²) >= 11 is 5.62. The lowest BCUT2D eigenvalue weighted by molar-refractivity contribution is 0.606. The average molecular weight is 297 g/mol. The van der Waals surface area contributed by atoms with Gasteiger partial charge in [0.1, 0.15) is 5.82 Å². The van der Waals surface area contributed by atoms with E-state index in [1.165, 1.54) is 35.0 Å². The summed E-state index contributed by atoms with van der Waals surface area (Å²) in [6.07, 6.45) is 2.15. The van der Waals surface area contributed by atoms with Gasteiger partial charge in [0.05, 0.1) is 5.69 Å². The second kappa shape index (κ2) is 6.05. The summed E-state index contributed by atoms with van der Waals surface area (Å²) in [4.78, 5) is 24.5. The summed E-state index contributed by atoms with van der Waals surface area (Å²) < 4.78 is 15.4. The number of halogens is 2. The maximum absolute atomic E-state index is 12.9. The Balaban J connectivity index is 2.62. The number of alkyl halides is 1. The molecule has 0 saturated carbocycles. The summed E-state index contributed by atoms with van der Waals surface area (Å²) in [6, 6.07) is 5.24. The summed E-state index contributed by atoms with van der Waals surface area (Å²) in [6.45, 7) is 2.07. The third kappa shape index (κ3) is 2.82. The molecule has 0 fully saturated rings. The van der Waals surface area contributed by atoms with Crippen LogP contribution in [0.1, 0.15) is 12.0 Å². The van der Waals surface area contributed by atoms with E-state index in [-0.39, 0.29) is 0 Å². The fourth-order valence-corrected chi connectivity index (χ4v) is 2.06. The van der Waals surface area contributed by atoms with Gasteiger partial charge in [-0.05, 0) is 37.6 Å². The van der Waals surface area contributed by atoms with Crippen molar-refractivity contribution >= 4 is 11.6 Å². The molecule has 0 unspecified atom stereocenters. The van der Waals surface area contributed by atoms with Crippen LogP contribution in [0.4, 0.5) is 4.39 Å². The number of hydrogen-bond donors (Lipinski definition) is 0. The molecular formula is C14H14ClFN2O2. The van der Waals surface area contributed by atoms with Gasteiger partial charge in [0, 0.05) is 24.2 Å². The number of benzene rings is 1. The van der Waals surface area contributed by atoms with Crippen LogP contribution in [0, 0.1) is 12.7 Å². The van der Waals surface area contributed by atoms with E-state index in [0.717, 1.165) is 4.57 Å². The number of hydrogen-bond acceptors (Lipinski definition) is 2. The van der Waals surface area contributed by atoms with Crippen molar-refractivity contribution < 1.29 is 4.39 Å². The third-order valence-electron chi connectivity index (χ3n) is 2.94. The molecule has 1 aromatic carbocycles. The predicted molar refractivity (Wildman–Crippen MR) is 76.3 cm³/mol. The molecule has 0 saturated heterocycles. The molecule has 4 nitrogen and oxygen atoms in total. The van der Waals surface area contributed by atoms with Crippen molar-refractivity contribution in [3.8, 4) is 5.69 Å². The van der Waals surface area contributed by atoms with Crippen molar-refractivity contribution in [1.29, 1.82) is 0 Å². The molecule has 0 spiro atoms. The van der Waals surface area contributed by atoms with E-state index in [9.17, 15) is 14.0 Å². The quantitative estimate of drug-likeness (QED) is 0.811. The minimum absolute atomic E-state index is 0.352. The van der Waals surface area contributed by atoms with Crippen molar-refractivity contribution in [2.24, 2.45) is 0 Å². The molecule has 2 aromatic rings. The lowest BCUT2D eigenvalue weighted by atomic mass is 10.3. The Morgan fingerprint density at radius 1 is 1.20 bits per heavy atom. The minimum Gasteiger partial charge on any atom is -0.300 e. The fraction of sp³-hybridized carbons (Fsp3) is 0.286. The van der Waals surface area contributed by atoms with Gasteiger partial charge in [-0.2, -0.15) is 0 Å². The van der Waals surface area contributed by atoms with Crippen LogP contribution < -0.4 is 11.2 Å². The minimum atomic E-state index is -0.447. The molecule has 0 atom stereocenters. The first-order valence-electron chi connectivity index (χ1n) is 6.19. The molecule has 106 valence electrons. The van der Waals surface area contributed by atoms with Gasteiger partial charge in [-0.1, -0.05) is 0 Å². The highest BCUT2D eigenvalue weighted by Crippen LogP contribution is 2.05. The summed E-state index contributed by atoms with van der Waals surface area (Å²) in [5.74, 6) is 0.0122. The largest absolute Gasteiger partial charge is 0.335 e. The Bertz CT molecular complexity index is 719.